The highest BCUT2D eigenvalue weighted by Gasteiger charge is 2.31. The molecular weight excluding hydrogens is 450 g/mol. The third kappa shape index (κ3) is 3.94. The summed E-state index contributed by atoms with van der Waals surface area (Å²) in [6, 6.07) is 10.8. The highest BCUT2D eigenvalue weighted by Crippen LogP contribution is 2.26. The van der Waals surface area contributed by atoms with E-state index in [1.165, 1.54) is 28.6 Å². The van der Waals surface area contributed by atoms with Crippen LogP contribution < -0.4 is 0 Å². The van der Waals surface area contributed by atoms with E-state index in [1.807, 2.05) is 0 Å². The molecule has 1 heterocycles. The van der Waals surface area contributed by atoms with E-state index in [9.17, 15) is 23.3 Å². The zero-order valence-electron chi connectivity index (χ0n) is 15.0. The Labute approximate surface area is 171 Å². The van der Waals surface area contributed by atoms with Crippen molar-refractivity contribution in [3.63, 3.8) is 0 Å². The van der Waals surface area contributed by atoms with Crippen molar-refractivity contribution in [2.75, 3.05) is 26.2 Å². The van der Waals surface area contributed by atoms with Gasteiger partial charge in [-0.25, -0.2) is 8.42 Å². The number of amides is 1. The molecule has 0 N–H and O–H groups in total. The molecule has 0 unspecified atom stereocenters. The van der Waals surface area contributed by atoms with Crippen molar-refractivity contribution in [1.82, 2.24) is 9.21 Å². The van der Waals surface area contributed by atoms with E-state index in [4.69, 9.17) is 0 Å². The number of nitro groups is 1. The smallest absolute Gasteiger partial charge is 0.272 e. The number of hydrogen-bond donors (Lipinski definition) is 0. The fourth-order valence-corrected chi connectivity index (χ4v) is 5.49. The standard InChI is InChI=1S/C18H18BrN3O5S/c1-13-12-14(6-7-16(13)22(24)25)18(23)20-8-10-21(11-9-20)28(26,27)17-5-3-2-4-15(17)19/h2-7,12H,8-11H2,1H3. The van der Waals surface area contributed by atoms with Gasteiger partial charge in [0.25, 0.3) is 11.6 Å². The summed E-state index contributed by atoms with van der Waals surface area (Å²) in [5, 5.41) is 10.9. The molecule has 2 aromatic rings. The van der Waals surface area contributed by atoms with Gasteiger partial charge in [0.05, 0.1) is 9.82 Å². The topological polar surface area (TPSA) is 101 Å². The van der Waals surface area contributed by atoms with Crippen molar-refractivity contribution >= 4 is 37.5 Å². The van der Waals surface area contributed by atoms with Crippen LogP contribution in [0.15, 0.2) is 51.8 Å². The molecule has 10 heteroatoms. The largest absolute Gasteiger partial charge is 0.336 e. The van der Waals surface area contributed by atoms with Crippen LogP contribution in [0, 0.1) is 17.0 Å². The first kappa shape index (κ1) is 20.4. The van der Waals surface area contributed by atoms with E-state index >= 15 is 0 Å². The molecule has 28 heavy (non-hydrogen) atoms. The third-order valence-electron chi connectivity index (χ3n) is 4.62. The predicted molar refractivity (Wildman–Crippen MR) is 107 cm³/mol. The van der Waals surface area contributed by atoms with E-state index in [-0.39, 0.29) is 42.7 Å². The first-order valence-electron chi connectivity index (χ1n) is 8.51. The maximum atomic E-state index is 12.8. The number of aryl methyl sites for hydroxylation is 1. The maximum absolute atomic E-state index is 12.8. The van der Waals surface area contributed by atoms with Crippen LogP contribution in [0.4, 0.5) is 5.69 Å². The van der Waals surface area contributed by atoms with Gasteiger partial charge in [-0.1, -0.05) is 12.1 Å². The number of rotatable bonds is 4. The summed E-state index contributed by atoms with van der Waals surface area (Å²) in [5.41, 5.74) is 0.720. The van der Waals surface area contributed by atoms with Crippen LogP contribution in [-0.4, -0.2) is 54.6 Å². The molecule has 0 radical (unpaired) electrons. The number of nitro benzene ring substituents is 1. The van der Waals surface area contributed by atoms with Crippen LogP contribution in [0.2, 0.25) is 0 Å². The molecule has 3 rings (SSSR count). The Morgan fingerprint density at radius 1 is 1.11 bits per heavy atom. The van der Waals surface area contributed by atoms with E-state index in [1.54, 1.807) is 30.0 Å². The molecule has 0 atom stereocenters. The van der Waals surface area contributed by atoms with Gasteiger partial charge >= 0.3 is 0 Å². The van der Waals surface area contributed by atoms with Gasteiger partial charge in [0.2, 0.25) is 10.0 Å². The third-order valence-corrected chi connectivity index (χ3v) is 7.53. The van der Waals surface area contributed by atoms with Crippen LogP contribution in [-0.2, 0) is 10.0 Å². The molecule has 0 aliphatic carbocycles. The molecule has 1 aliphatic rings. The highest BCUT2D eigenvalue weighted by molar-refractivity contribution is 9.10. The summed E-state index contributed by atoms with van der Waals surface area (Å²) in [4.78, 5) is 24.9. The minimum absolute atomic E-state index is 0.0408. The first-order chi connectivity index (χ1) is 13.2. The summed E-state index contributed by atoms with van der Waals surface area (Å²) in [7, 11) is -3.65. The zero-order valence-corrected chi connectivity index (χ0v) is 17.4. The molecule has 0 spiro atoms. The van der Waals surface area contributed by atoms with Gasteiger partial charge in [0.15, 0.2) is 0 Å². The summed E-state index contributed by atoms with van der Waals surface area (Å²) in [6.07, 6.45) is 0. The van der Waals surface area contributed by atoms with E-state index in [2.05, 4.69) is 15.9 Å². The number of piperazine rings is 1. The maximum Gasteiger partial charge on any atom is 0.272 e. The van der Waals surface area contributed by atoms with Gasteiger partial charge in [0, 0.05) is 47.8 Å². The number of sulfonamides is 1. The molecule has 2 aromatic carbocycles. The second-order valence-electron chi connectivity index (χ2n) is 6.39. The first-order valence-corrected chi connectivity index (χ1v) is 10.7. The lowest BCUT2D eigenvalue weighted by Crippen LogP contribution is -2.50. The predicted octanol–water partition coefficient (Wildman–Crippen LogP) is 2.81. The molecule has 8 nitrogen and oxygen atoms in total. The summed E-state index contributed by atoms with van der Waals surface area (Å²) < 4.78 is 27.5. The summed E-state index contributed by atoms with van der Waals surface area (Å²) >= 11 is 3.27. The van der Waals surface area contributed by atoms with Crippen molar-refractivity contribution in [1.29, 1.82) is 0 Å². The molecule has 1 amide bonds. The molecule has 1 aliphatic heterocycles. The lowest BCUT2D eigenvalue weighted by Gasteiger charge is -2.34. The van der Waals surface area contributed by atoms with Crippen LogP contribution in [0.3, 0.4) is 0 Å². The van der Waals surface area contributed by atoms with Crippen molar-refractivity contribution in [3.05, 3.63) is 68.2 Å². The minimum Gasteiger partial charge on any atom is -0.336 e. The number of nitrogens with zero attached hydrogens (tertiary/aromatic N) is 3. The van der Waals surface area contributed by atoms with Crippen LogP contribution in [0.25, 0.3) is 0 Å². The fourth-order valence-electron chi connectivity index (χ4n) is 3.10. The molecule has 0 bridgehead atoms. The normalized spacial score (nSPS) is 15.4. The van der Waals surface area contributed by atoms with Gasteiger partial charge in [-0.05, 0) is 47.1 Å². The van der Waals surface area contributed by atoms with Crippen LogP contribution >= 0.6 is 15.9 Å². The van der Waals surface area contributed by atoms with Gasteiger partial charge < -0.3 is 4.90 Å². The average Bonchev–Trinajstić information content (AvgIpc) is 2.67. The Morgan fingerprint density at radius 3 is 2.32 bits per heavy atom. The van der Waals surface area contributed by atoms with E-state index in [0.29, 0.717) is 15.6 Å². The number of benzene rings is 2. The monoisotopic (exact) mass is 467 g/mol. The molecule has 1 saturated heterocycles. The van der Waals surface area contributed by atoms with Crippen molar-refractivity contribution < 1.29 is 18.1 Å². The number of hydrogen-bond acceptors (Lipinski definition) is 5. The Kier molecular flexibility index (Phi) is 5.82. The number of carbonyl (C=O) groups is 1. The SMILES string of the molecule is Cc1cc(C(=O)N2CCN(S(=O)(=O)c3ccccc3Br)CC2)ccc1[N+](=O)[O-]. The minimum atomic E-state index is -3.65. The van der Waals surface area contributed by atoms with Crippen LogP contribution in [0.1, 0.15) is 15.9 Å². The Hall–Kier alpha value is -2.30. The highest BCUT2D eigenvalue weighted by atomic mass is 79.9. The zero-order chi connectivity index (χ0) is 20.5. The lowest BCUT2D eigenvalue weighted by atomic mass is 10.1. The fraction of sp³-hybridized carbons (Fsp3) is 0.278. The second-order valence-corrected chi connectivity index (χ2v) is 9.15. The van der Waals surface area contributed by atoms with Gasteiger partial charge in [-0.15, -0.1) is 0 Å². The Balaban J connectivity index is 1.72. The van der Waals surface area contributed by atoms with Gasteiger partial charge in [-0.3, -0.25) is 14.9 Å². The molecule has 0 aromatic heterocycles. The Bertz CT molecular complexity index is 1030. The second kappa shape index (κ2) is 7.98. The average molecular weight is 468 g/mol. The molecule has 0 saturated carbocycles. The van der Waals surface area contributed by atoms with Crippen molar-refractivity contribution in [3.8, 4) is 0 Å². The van der Waals surface area contributed by atoms with E-state index in [0.717, 1.165) is 0 Å². The number of halogens is 1. The van der Waals surface area contributed by atoms with Gasteiger partial charge in [0.1, 0.15) is 0 Å². The Morgan fingerprint density at radius 2 is 1.75 bits per heavy atom. The van der Waals surface area contributed by atoms with Crippen molar-refractivity contribution in [2.24, 2.45) is 0 Å². The molecular formula is C18H18BrN3O5S. The van der Waals surface area contributed by atoms with E-state index < -0.39 is 14.9 Å². The molecule has 1 fully saturated rings. The van der Waals surface area contributed by atoms with Crippen molar-refractivity contribution in [2.45, 2.75) is 11.8 Å². The lowest BCUT2D eigenvalue weighted by molar-refractivity contribution is -0.385. The summed E-state index contributed by atoms with van der Waals surface area (Å²) in [5.74, 6) is -0.268. The molecule has 148 valence electrons. The van der Waals surface area contributed by atoms with Crippen LogP contribution in [0.5, 0.6) is 0 Å². The number of carbonyl (C=O) groups excluding carboxylic acids is 1. The summed E-state index contributed by atoms with van der Waals surface area (Å²) in [6.45, 7) is 2.44. The quantitative estimate of drug-likeness (QED) is 0.508. The van der Waals surface area contributed by atoms with Gasteiger partial charge in [-0.2, -0.15) is 4.31 Å².